The maximum atomic E-state index is 13.1. The maximum Gasteiger partial charge on any atom is 0.293 e. The van der Waals surface area contributed by atoms with E-state index < -0.39 is 0 Å². The fraction of sp³-hybridized carbons (Fsp3) is 0.0741. The first-order chi connectivity index (χ1) is 16.9. The Morgan fingerprint density at radius 3 is 2.49 bits per heavy atom. The third-order valence-electron chi connectivity index (χ3n) is 5.76. The Bertz CT molecular complexity index is 1550. The van der Waals surface area contributed by atoms with Crippen LogP contribution in [0, 0.1) is 11.3 Å². The van der Waals surface area contributed by atoms with Gasteiger partial charge in [0, 0.05) is 39.3 Å². The fourth-order valence-corrected chi connectivity index (χ4v) is 5.30. The molecule has 1 saturated heterocycles. The zero-order valence-electron chi connectivity index (χ0n) is 18.2. The van der Waals surface area contributed by atoms with Gasteiger partial charge < -0.3 is 4.57 Å². The summed E-state index contributed by atoms with van der Waals surface area (Å²) in [5, 5.41) is 10.6. The van der Waals surface area contributed by atoms with Gasteiger partial charge in [0.25, 0.3) is 11.1 Å². The first-order valence-electron chi connectivity index (χ1n) is 10.7. The van der Waals surface area contributed by atoms with E-state index in [4.69, 9.17) is 28.5 Å². The number of aromatic nitrogens is 1. The van der Waals surface area contributed by atoms with Gasteiger partial charge in [-0.1, -0.05) is 59.6 Å². The van der Waals surface area contributed by atoms with E-state index in [9.17, 15) is 9.59 Å². The molecule has 0 aliphatic carbocycles. The van der Waals surface area contributed by atoms with E-state index in [1.165, 1.54) is 4.90 Å². The highest BCUT2D eigenvalue weighted by Gasteiger charge is 2.35. The summed E-state index contributed by atoms with van der Waals surface area (Å²) in [6.07, 6.45) is 3.75. The summed E-state index contributed by atoms with van der Waals surface area (Å²) in [7, 11) is 0. The standard InChI is InChI=1S/C27H17Cl2N3O2S/c28-21-10-9-19(23(29)12-21)16-32-26(33)25(35-27(32)34)11-20-15-31(24-4-2-1-3-22(20)24)14-18-7-5-17(13-30)6-8-18/h1-12,15H,14,16H2/b25-11-. The Morgan fingerprint density at radius 1 is 0.971 bits per heavy atom. The number of amides is 2. The lowest BCUT2D eigenvalue weighted by atomic mass is 10.1. The summed E-state index contributed by atoms with van der Waals surface area (Å²) in [6.45, 7) is 0.690. The molecule has 2 heterocycles. The minimum Gasteiger partial charge on any atom is -0.342 e. The van der Waals surface area contributed by atoms with Gasteiger partial charge in [-0.15, -0.1) is 0 Å². The molecule has 8 heteroatoms. The van der Waals surface area contributed by atoms with Crippen molar-refractivity contribution in [2.24, 2.45) is 0 Å². The molecule has 2 amide bonds. The Kier molecular flexibility index (Phi) is 6.40. The molecule has 1 aliphatic heterocycles. The third-order valence-corrected chi connectivity index (χ3v) is 7.25. The van der Waals surface area contributed by atoms with Crippen LogP contribution in [0.15, 0.2) is 77.8 Å². The van der Waals surface area contributed by atoms with E-state index in [1.54, 1.807) is 36.4 Å². The van der Waals surface area contributed by atoms with Crippen LogP contribution >= 0.6 is 35.0 Å². The molecule has 0 unspecified atom stereocenters. The Labute approximate surface area is 216 Å². The van der Waals surface area contributed by atoms with E-state index in [1.807, 2.05) is 42.6 Å². The molecule has 0 saturated carbocycles. The van der Waals surface area contributed by atoms with Crippen LogP contribution in [0.25, 0.3) is 17.0 Å². The van der Waals surface area contributed by atoms with Crippen LogP contribution in [-0.2, 0) is 17.9 Å². The molecule has 1 fully saturated rings. The summed E-state index contributed by atoms with van der Waals surface area (Å²) < 4.78 is 2.10. The number of halogens is 2. The topological polar surface area (TPSA) is 66.1 Å². The van der Waals surface area contributed by atoms with Crippen molar-refractivity contribution in [3.8, 4) is 6.07 Å². The molecule has 0 radical (unpaired) electrons. The summed E-state index contributed by atoms with van der Waals surface area (Å²) >= 11 is 13.1. The molecule has 0 N–H and O–H groups in total. The predicted molar refractivity (Wildman–Crippen MR) is 140 cm³/mol. The van der Waals surface area contributed by atoms with Crippen molar-refractivity contribution in [3.05, 3.63) is 110 Å². The number of carbonyl (C=O) groups is 2. The van der Waals surface area contributed by atoms with Crippen molar-refractivity contribution in [1.82, 2.24) is 9.47 Å². The van der Waals surface area contributed by atoms with Crippen LogP contribution < -0.4 is 0 Å². The highest BCUT2D eigenvalue weighted by molar-refractivity contribution is 8.18. The van der Waals surface area contributed by atoms with E-state index in [2.05, 4.69) is 10.6 Å². The number of benzene rings is 3. The number of carbonyl (C=O) groups excluding carboxylic acids is 2. The number of imide groups is 1. The van der Waals surface area contributed by atoms with Crippen LogP contribution in [-0.4, -0.2) is 20.6 Å². The zero-order valence-corrected chi connectivity index (χ0v) is 20.6. The quantitative estimate of drug-likeness (QED) is 0.264. The van der Waals surface area contributed by atoms with Crippen molar-refractivity contribution in [3.63, 3.8) is 0 Å². The molecule has 3 aromatic carbocycles. The summed E-state index contributed by atoms with van der Waals surface area (Å²) in [6, 6.07) is 22.5. The van der Waals surface area contributed by atoms with E-state index in [0.29, 0.717) is 32.6 Å². The number of fused-ring (bicyclic) bond motifs is 1. The van der Waals surface area contributed by atoms with E-state index in [-0.39, 0.29) is 17.7 Å². The summed E-state index contributed by atoms with van der Waals surface area (Å²) in [5.41, 5.74) is 4.18. The van der Waals surface area contributed by atoms with Crippen molar-refractivity contribution in [1.29, 1.82) is 5.26 Å². The second-order valence-corrected chi connectivity index (χ2v) is 9.88. The number of hydrogen-bond acceptors (Lipinski definition) is 4. The summed E-state index contributed by atoms with van der Waals surface area (Å²) in [4.78, 5) is 27.3. The molecule has 0 atom stereocenters. The highest BCUT2D eigenvalue weighted by atomic mass is 35.5. The van der Waals surface area contributed by atoms with Crippen molar-refractivity contribution < 1.29 is 9.59 Å². The zero-order chi connectivity index (χ0) is 24.5. The van der Waals surface area contributed by atoms with Crippen LogP contribution in [0.3, 0.4) is 0 Å². The Hall–Kier alpha value is -3.50. The smallest absolute Gasteiger partial charge is 0.293 e. The van der Waals surface area contributed by atoms with Gasteiger partial charge in [-0.3, -0.25) is 14.5 Å². The molecule has 5 rings (SSSR count). The van der Waals surface area contributed by atoms with Gasteiger partial charge in [0.05, 0.1) is 23.1 Å². The fourth-order valence-electron chi connectivity index (χ4n) is 4.00. The van der Waals surface area contributed by atoms with Crippen molar-refractivity contribution >= 4 is 63.1 Å². The first kappa shape index (κ1) is 23.3. The van der Waals surface area contributed by atoms with Gasteiger partial charge in [-0.25, -0.2) is 0 Å². The van der Waals surface area contributed by atoms with Crippen LogP contribution in [0.5, 0.6) is 0 Å². The number of rotatable bonds is 5. The average Bonchev–Trinajstić information content (AvgIpc) is 3.33. The van der Waals surface area contributed by atoms with E-state index >= 15 is 0 Å². The third kappa shape index (κ3) is 4.71. The molecule has 35 heavy (non-hydrogen) atoms. The number of para-hydroxylation sites is 1. The average molecular weight is 518 g/mol. The molecule has 172 valence electrons. The van der Waals surface area contributed by atoms with Crippen molar-refractivity contribution in [2.75, 3.05) is 0 Å². The molecule has 4 aromatic rings. The monoisotopic (exact) mass is 517 g/mol. The normalized spacial score (nSPS) is 14.8. The number of thioether (sulfide) groups is 1. The summed E-state index contributed by atoms with van der Waals surface area (Å²) in [5.74, 6) is -0.352. The van der Waals surface area contributed by atoms with Crippen LogP contribution in [0.2, 0.25) is 10.0 Å². The molecular formula is C27H17Cl2N3O2S. The molecule has 1 aliphatic rings. The largest absolute Gasteiger partial charge is 0.342 e. The minimum absolute atomic E-state index is 0.0818. The molecule has 5 nitrogen and oxygen atoms in total. The highest BCUT2D eigenvalue weighted by Crippen LogP contribution is 2.36. The molecule has 1 aromatic heterocycles. The maximum absolute atomic E-state index is 13.1. The van der Waals surface area contributed by atoms with Gasteiger partial charge in [0.2, 0.25) is 0 Å². The van der Waals surface area contributed by atoms with Crippen LogP contribution in [0.4, 0.5) is 4.79 Å². The van der Waals surface area contributed by atoms with Gasteiger partial charge in [-0.05, 0) is 59.3 Å². The van der Waals surface area contributed by atoms with Gasteiger partial charge in [0.15, 0.2) is 0 Å². The number of nitrogens with zero attached hydrogens (tertiary/aromatic N) is 3. The van der Waals surface area contributed by atoms with Gasteiger partial charge in [-0.2, -0.15) is 5.26 Å². The molecule has 0 bridgehead atoms. The predicted octanol–water partition coefficient (Wildman–Crippen LogP) is 7.10. The second-order valence-electron chi connectivity index (χ2n) is 8.04. The van der Waals surface area contributed by atoms with Crippen LogP contribution in [0.1, 0.15) is 22.3 Å². The lowest BCUT2D eigenvalue weighted by molar-refractivity contribution is -0.123. The molecule has 0 spiro atoms. The van der Waals surface area contributed by atoms with Crippen molar-refractivity contribution in [2.45, 2.75) is 13.1 Å². The number of hydrogen-bond donors (Lipinski definition) is 0. The first-order valence-corrected chi connectivity index (χ1v) is 12.3. The molecular weight excluding hydrogens is 501 g/mol. The van der Waals surface area contributed by atoms with E-state index in [0.717, 1.165) is 33.8 Å². The SMILES string of the molecule is N#Cc1ccc(Cn2cc(/C=C3\SC(=O)N(Cc4ccc(Cl)cc4Cl)C3=O)c3ccccc32)cc1. The van der Waals surface area contributed by atoms with Gasteiger partial charge >= 0.3 is 0 Å². The van der Waals surface area contributed by atoms with Gasteiger partial charge in [0.1, 0.15) is 0 Å². The lowest BCUT2D eigenvalue weighted by Crippen LogP contribution is -2.27. The Morgan fingerprint density at radius 2 is 1.74 bits per heavy atom. The second kappa shape index (κ2) is 9.63. The number of nitriles is 1. The Balaban J connectivity index is 1.45. The lowest BCUT2D eigenvalue weighted by Gasteiger charge is -2.13. The minimum atomic E-state index is -0.352.